The molecule has 0 spiro atoms. The summed E-state index contributed by atoms with van der Waals surface area (Å²) in [4.78, 5) is 0. The van der Waals surface area contributed by atoms with Crippen molar-refractivity contribution in [3.63, 3.8) is 0 Å². The summed E-state index contributed by atoms with van der Waals surface area (Å²) in [5.74, 6) is 1.56. The molecule has 0 aliphatic carbocycles. The molecule has 1 heterocycles. The van der Waals surface area contributed by atoms with E-state index in [2.05, 4.69) is 5.32 Å². The molecule has 0 saturated heterocycles. The molecule has 3 nitrogen and oxygen atoms in total. The highest BCUT2D eigenvalue weighted by atomic mass is 35.5. The molecule has 0 amide bonds. The Morgan fingerprint density at radius 2 is 2.17 bits per heavy atom. The summed E-state index contributed by atoms with van der Waals surface area (Å²) < 4.78 is 10.3. The topological polar surface area (TPSA) is 30.5 Å². The number of ether oxygens (including phenoxy) is 2. The maximum Gasteiger partial charge on any atom is 0.231 e. The molecule has 0 radical (unpaired) electrons. The van der Waals surface area contributed by atoms with Crippen LogP contribution < -0.4 is 14.8 Å². The molecular weight excluding hydrogens is 178 g/mol. The standard InChI is InChI=1S/C8H8ClNO2/c9-4-10-6-1-2-7-8(3-6)12-5-11-7/h1-3,10H,4-5H2. The highest BCUT2D eigenvalue weighted by molar-refractivity contribution is 6.18. The highest BCUT2D eigenvalue weighted by Gasteiger charge is 2.12. The van der Waals surface area contributed by atoms with E-state index in [4.69, 9.17) is 21.1 Å². The lowest BCUT2D eigenvalue weighted by atomic mass is 10.3. The van der Waals surface area contributed by atoms with Crippen LogP contribution in [0.4, 0.5) is 5.69 Å². The molecule has 2 rings (SSSR count). The van der Waals surface area contributed by atoms with Gasteiger partial charge in [0.2, 0.25) is 6.79 Å². The van der Waals surface area contributed by atoms with E-state index in [0.29, 0.717) is 12.8 Å². The molecule has 0 aromatic heterocycles. The zero-order chi connectivity index (χ0) is 8.39. The number of anilines is 1. The maximum absolute atomic E-state index is 5.50. The quantitative estimate of drug-likeness (QED) is 0.565. The molecule has 0 saturated carbocycles. The third-order valence-electron chi connectivity index (χ3n) is 1.64. The Kier molecular flexibility index (Phi) is 1.96. The molecule has 1 aromatic carbocycles. The van der Waals surface area contributed by atoms with Crippen molar-refractivity contribution >= 4 is 17.3 Å². The first-order chi connectivity index (χ1) is 5.90. The van der Waals surface area contributed by atoms with Crippen LogP contribution in [0.3, 0.4) is 0 Å². The number of nitrogens with one attached hydrogen (secondary N) is 1. The Bertz CT molecular complexity index is 290. The van der Waals surface area contributed by atoms with Gasteiger partial charge < -0.3 is 14.8 Å². The Hall–Kier alpha value is -1.09. The first kappa shape index (κ1) is 7.55. The van der Waals surface area contributed by atoms with Gasteiger partial charge in [0.1, 0.15) is 0 Å². The van der Waals surface area contributed by atoms with E-state index < -0.39 is 0 Å². The van der Waals surface area contributed by atoms with Crippen LogP contribution in [0.5, 0.6) is 11.5 Å². The van der Waals surface area contributed by atoms with Crippen molar-refractivity contribution in [2.24, 2.45) is 0 Å². The summed E-state index contributed by atoms with van der Waals surface area (Å²) in [6.07, 6.45) is 0. The SMILES string of the molecule is ClCNc1ccc2c(c1)OCO2. The van der Waals surface area contributed by atoms with Gasteiger partial charge >= 0.3 is 0 Å². The van der Waals surface area contributed by atoms with E-state index in [-0.39, 0.29) is 0 Å². The second kappa shape index (κ2) is 3.11. The highest BCUT2D eigenvalue weighted by Crippen LogP contribution is 2.34. The second-order valence-corrected chi connectivity index (χ2v) is 2.65. The normalized spacial score (nSPS) is 13.1. The van der Waals surface area contributed by atoms with Crippen molar-refractivity contribution in [1.29, 1.82) is 0 Å². The Morgan fingerprint density at radius 1 is 1.33 bits per heavy atom. The van der Waals surface area contributed by atoms with Crippen LogP contribution in [-0.4, -0.2) is 12.8 Å². The molecule has 64 valence electrons. The van der Waals surface area contributed by atoms with Crippen LogP contribution in [-0.2, 0) is 0 Å². The van der Waals surface area contributed by atoms with Crippen molar-refractivity contribution in [2.75, 3.05) is 18.1 Å². The first-order valence-electron chi connectivity index (χ1n) is 3.59. The molecule has 0 fully saturated rings. The molecule has 1 aromatic rings. The molecule has 0 atom stereocenters. The number of hydrogen-bond donors (Lipinski definition) is 1. The van der Waals surface area contributed by atoms with Gasteiger partial charge in [-0.3, -0.25) is 0 Å². The van der Waals surface area contributed by atoms with Crippen LogP contribution in [0.15, 0.2) is 18.2 Å². The van der Waals surface area contributed by atoms with E-state index in [0.717, 1.165) is 17.2 Å². The molecular formula is C8H8ClNO2. The Labute approximate surface area is 75.2 Å². The van der Waals surface area contributed by atoms with E-state index in [1.54, 1.807) is 0 Å². The lowest BCUT2D eigenvalue weighted by Crippen LogP contribution is -1.93. The number of alkyl halides is 1. The second-order valence-electron chi connectivity index (χ2n) is 2.38. The van der Waals surface area contributed by atoms with Gasteiger partial charge in [0.25, 0.3) is 0 Å². The third-order valence-corrected chi connectivity index (χ3v) is 1.78. The van der Waals surface area contributed by atoms with Gasteiger partial charge in [-0.25, -0.2) is 0 Å². The van der Waals surface area contributed by atoms with Gasteiger partial charge in [0, 0.05) is 11.8 Å². The molecule has 12 heavy (non-hydrogen) atoms. The lowest BCUT2D eigenvalue weighted by molar-refractivity contribution is 0.174. The van der Waals surface area contributed by atoms with Crippen LogP contribution in [0.2, 0.25) is 0 Å². The van der Waals surface area contributed by atoms with Crippen LogP contribution >= 0.6 is 11.6 Å². The molecule has 1 aliphatic heterocycles. The van der Waals surface area contributed by atoms with Gasteiger partial charge in [-0.2, -0.15) is 0 Å². The van der Waals surface area contributed by atoms with Gasteiger partial charge in [-0.15, -0.1) is 11.6 Å². The lowest BCUT2D eigenvalue weighted by Gasteiger charge is -2.02. The Morgan fingerprint density at radius 3 is 3.00 bits per heavy atom. The molecule has 1 aliphatic rings. The molecule has 0 unspecified atom stereocenters. The van der Waals surface area contributed by atoms with Gasteiger partial charge in [-0.05, 0) is 12.1 Å². The van der Waals surface area contributed by atoms with Gasteiger partial charge in [0.05, 0.1) is 6.00 Å². The summed E-state index contributed by atoms with van der Waals surface area (Å²) >= 11 is 5.50. The number of halogens is 1. The molecule has 0 bridgehead atoms. The summed E-state index contributed by atoms with van der Waals surface area (Å²) in [6.45, 7) is 0.305. The minimum atomic E-state index is 0.305. The van der Waals surface area contributed by atoms with Crippen molar-refractivity contribution in [3.8, 4) is 11.5 Å². The number of benzene rings is 1. The minimum absolute atomic E-state index is 0.305. The summed E-state index contributed by atoms with van der Waals surface area (Å²) in [7, 11) is 0. The molecule has 4 heteroatoms. The molecule has 1 N–H and O–H groups in total. The van der Waals surface area contributed by atoms with Crippen molar-refractivity contribution < 1.29 is 9.47 Å². The van der Waals surface area contributed by atoms with Gasteiger partial charge in [-0.1, -0.05) is 0 Å². The summed E-state index contributed by atoms with van der Waals surface area (Å²) in [5.41, 5.74) is 0.939. The third kappa shape index (κ3) is 1.28. The maximum atomic E-state index is 5.50. The predicted molar refractivity (Wildman–Crippen MR) is 46.9 cm³/mol. The number of fused-ring (bicyclic) bond motifs is 1. The average Bonchev–Trinajstić information content (AvgIpc) is 2.51. The Balaban J connectivity index is 2.26. The van der Waals surface area contributed by atoms with E-state index in [1.165, 1.54) is 0 Å². The largest absolute Gasteiger partial charge is 0.454 e. The zero-order valence-electron chi connectivity index (χ0n) is 6.34. The minimum Gasteiger partial charge on any atom is -0.454 e. The monoisotopic (exact) mass is 185 g/mol. The van der Waals surface area contributed by atoms with Crippen LogP contribution in [0.25, 0.3) is 0 Å². The van der Waals surface area contributed by atoms with E-state index >= 15 is 0 Å². The first-order valence-corrected chi connectivity index (χ1v) is 4.13. The fraction of sp³-hybridized carbons (Fsp3) is 0.250. The van der Waals surface area contributed by atoms with Crippen molar-refractivity contribution in [3.05, 3.63) is 18.2 Å². The predicted octanol–water partition coefficient (Wildman–Crippen LogP) is 2.02. The average molecular weight is 186 g/mol. The fourth-order valence-electron chi connectivity index (χ4n) is 1.08. The zero-order valence-corrected chi connectivity index (χ0v) is 7.10. The number of rotatable bonds is 2. The number of hydrogen-bond acceptors (Lipinski definition) is 3. The van der Waals surface area contributed by atoms with Crippen LogP contribution in [0.1, 0.15) is 0 Å². The van der Waals surface area contributed by atoms with E-state index in [1.807, 2.05) is 18.2 Å². The summed E-state index contributed by atoms with van der Waals surface area (Å²) in [5, 5.41) is 2.97. The van der Waals surface area contributed by atoms with Crippen LogP contribution in [0, 0.1) is 0 Å². The summed E-state index contributed by atoms with van der Waals surface area (Å²) in [6, 6.07) is 6.01. The van der Waals surface area contributed by atoms with Crippen molar-refractivity contribution in [1.82, 2.24) is 0 Å². The van der Waals surface area contributed by atoms with Gasteiger partial charge in [0.15, 0.2) is 11.5 Å². The fourth-order valence-corrected chi connectivity index (χ4v) is 1.24. The van der Waals surface area contributed by atoms with Crippen molar-refractivity contribution in [2.45, 2.75) is 0 Å². The smallest absolute Gasteiger partial charge is 0.231 e. The van der Waals surface area contributed by atoms with E-state index in [9.17, 15) is 0 Å².